The van der Waals surface area contributed by atoms with Crippen LogP contribution in [0, 0.1) is 5.82 Å². The van der Waals surface area contributed by atoms with Crippen molar-refractivity contribution in [2.45, 2.75) is 25.3 Å². The fourth-order valence-corrected chi connectivity index (χ4v) is 4.24. The van der Waals surface area contributed by atoms with Gasteiger partial charge in [0, 0.05) is 48.6 Å². The molecule has 5 nitrogen and oxygen atoms in total. The molecule has 0 atom stereocenters. The average Bonchev–Trinajstić information content (AvgIpc) is 3.26. The van der Waals surface area contributed by atoms with Crippen LogP contribution in [0.5, 0.6) is 0 Å². The van der Waals surface area contributed by atoms with Crippen LogP contribution in [0.1, 0.15) is 29.0 Å². The Bertz CT molecular complexity index is 1360. The Hall–Kier alpha value is -3.65. The van der Waals surface area contributed by atoms with Gasteiger partial charge in [0.25, 0.3) is 11.8 Å². The number of furan rings is 1. The van der Waals surface area contributed by atoms with Gasteiger partial charge in [0.15, 0.2) is 0 Å². The molecule has 1 amide bonds. The van der Waals surface area contributed by atoms with Crippen molar-refractivity contribution in [2.75, 3.05) is 13.1 Å². The van der Waals surface area contributed by atoms with E-state index in [2.05, 4.69) is 4.98 Å². The molecular formula is C26H22F3N3O2. The van der Waals surface area contributed by atoms with Gasteiger partial charge in [0.2, 0.25) is 0 Å². The van der Waals surface area contributed by atoms with Crippen LogP contribution in [0.15, 0.2) is 65.2 Å². The molecule has 0 saturated carbocycles. The summed E-state index contributed by atoms with van der Waals surface area (Å²) in [4.78, 5) is 18.6. The highest BCUT2D eigenvalue weighted by Crippen LogP contribution is 2.36. The Morgan fingerprint density at radius 1 is 1.06 bits per heavy atom. The molecule has 0 spiro atoms. The third-order valence-corrected chi connectivity index (χ3v) is 6.09. The maximum absolute atomic E-state index is 13.9. The lowest BCUT2D eigenvalue weighted by atomic mass is 9.98. The maximum atomic E-state index is 13.9. The summed E-state index contributed by atoms with van der Waals surface area (Å²) in [7, 11) is 0. The van der Waals surface area contributed by atoms with E-state index in [0.717, 1.165) is 10.9 Å². The molecule has 2 aromatic heterocycles. The second-order valence-electron chi connectivity index (χ2n) is 8.45. The normalized spacial score (nSPS) is 15.6. The number of amides is 1. The number of alkyl halides is 2. The van der Waals surface area contributed by atoms with E-state index in [1.54, 1.807) is 24.3 Å². The van der Waals surface area contributed by atoms with Gasteiger partial charge in [-0.2, -0.15) is 0 Å². The summed E-state index contributed by atoms with van der Waals surface area (Å²) in [5.41, 5.74) is 9.41. The van der Waals surface area contributed by atoms with E-state index in [1.165, 1.54) is 23.2 Å². The number of rotatable bonds is 4. The fourth-order valence-electron chi connectivity index (χ4n) is 4.24. The van der Waals surface area contributed by atoms with Crippen LogP contribution < -0.4 is 5.73 Å². The van der Waals surface area contributed by atoms with Crippen molar-refractivity contribution in [3.05, 3.63) is 77.9 Å². The summed E-state index contributed by atoms with van der Waals surface area (Å²) in [6.45, 7) is 0.264. The van der Waals surface area contributed by atoms with E-state index >= 15 is 0 Å². The van der Waals surface area contributed by atoms with Crippen LogP contribution >= 0.6 is 0 Å². The molecule has 8 heteroatoms. The minimum Gasteiger partial charge on any atom is -0.459 e. The Balaban J connectivity index is 1.49. The minimum atomic E-state index is -2.71. The zero-order valence-electron chi connectivity index (χ0n) is 18.2. The van der Waals surface area contributed by atoms with Gasteiger partial charge in [0.05, 0.1) is 17.8 Å². The summed E-state index contributed by atoms with van der Waals surface area (Å²) in [6, 6.07) is 15.2. The van der Waals surface area contributed by atoms with Crippen LogP contribution in [0.2, 0.25) is 0 Å². The number of carbonyl (C=O) groups is 1. The summed E-state index contributed by atoms with van der Waals surface area (Å²) in [6.07, 6.45) is 0.794. The number of hydrogen-bond acceptors (Lipinski definition) is 4. The van der Waals surface area contributed by atoms with Crippen molar-refractivity contribution in [1.82, 2.24) is 9.88 Å². The number of carbonyl (C=O) groups excluding carboxylic acids is 1. The topological polar surface area (TPSA) is 72.4 Å². The summed E-state index contributed by atoms with van der Waals surface area (Å²) in [5.74, 6) is -2.79. The summed E-state index contributed by atoms with van der Waals surface area (Å²) in [5, 5.41) is 0.799. The number of nitrogens with two attached hydrogens (primary N) is 1. The van der Waals surface area contributed by atoms with Crippen molar-refractivity contribution in [2.24, 2.45) is 5.73 Å². The zero-order valence-corrected chi connectivity index (χ0v) is 18.2. The average molecular weight is 465 g/mol. The Labute approximate surface area is 194 Å². The maximum Gasteiger partial charge on any atom is 0.255 e. The third kappa shape index (κ3) is 4.28. The van der Waals surface area contributed by atoms with Crippen LogP contribution in [0.25, 0.3) is 33.4 Å². The van der Waals surface area contributed by atoms with Gasteiger partial charge < -0.3 is 15.1 Å². The molecular weight excluding hydrogens is 443 g/mol. The van der Waals surface area contributed by atoms with Crippen LogP contribution in [0.3, 0.4) is 0 Å². The predicted molar refractivity (Wildman–Crippen MR) is 123 cm³/mol. The number of benzene rings is 2. The van der Waals surface area contributed by atoms with E-state index < -0.39 is 5.92 Å². The van der Waals surface area contributed by atoms with Crippen molar-refractivity contribution < 1.29 is 22.4 Å². The highest BCUT2D eigenvalue weighted by Gasteiger charge is 2.35. The smallest absolute Gasteiger partial charge is 0.255 e. The highest BCUT2D eigenvalue weighted by molar-refractivity contribution is 5.97. The molecule has 1 saturated heterocycles. The summed E-state index contributed by atoms with van der Waals surface area (Å²) < 4.78 is 46.6. The lowest BCUT2D eigenvalue weighted by Crippen LogP contribution is -2.42. The first-order valence-corrected chi connectivity index (χ1v) is 11.0. The van der Waals surface area contributed by atoms with Crippen molar-refractivity contribution >= 4 is 16.9 Å². The molecule has 4 aromatic rings. The minimum absolute atomic E-state index is 0.0191. The quantitative estimate of drug-likeness (QED) is 0.424. The molecule has 1 aliphatic heterocycles. The van der Waals surface area contributed by atoms with Gasteiger partial charge in [-0.3, -0.25) is 9.78 Å². The molecule has 34 heavy (non-hydrogen) atoms. The number of fused-ring (bicyclic) bond motifs is 1. The Kier molecular flexibility index (Phi) is 5.61. The molecule has 0 radical (unpaired) electrons. The standard InChI is InChI=1S/C26H22F3N3O2/c27-20-3-1-2-16(11-20)22-13-18(10-19-12-21(14-30)34-24(19)22)23-5-4-17(15-31-23)25(33)32-8-6-26(28,29)7-9-32/h1-5,10-13,15H,6-9,14,30H2. The first-order valence-electron chi connectivity index (χ1n) is 11.0. The van der Waals surface area contributed by atoms with E-state index in [1.807, 2.05) is 18.2 Å². The van der Waals surface area contributed by atoms with Crippen molar-refractivity contribution in [3.8, 4) is 22.4 Å². The van der Waals surface area contributed by atoms with E-state index in [9.17, 15) is 18.0 Å². The summed E-state index contributed by atoms with van der Waals surface area (Å²) >= 11 is 0. The monoisotopic (exact) mass is 465 g/mol. The van der Waals surface area contributed by atoms with Gasteiger partial charge in [-0.05, 0) is 48.0 Å². The van der Waals surface area contributed by atoms with E-state index in [-0.39, 0.29) is 44.2 Å². The predicted octanol–water partition coefficient (Wildman–Crippen LogP) is 5.63. The highest BCUT2D eigenvalue weighted by atomic mass is 19.3. The molecule has 174 valence electrons. The Morgan fingerprint density at radius 2 is 1.85 bits per heavy atom. The number of piperidine rings is 1. The van der Waals surface area contributed by atoms with Gasteiger partial charge >= 0.3 is 0 Å². The number of aromatic nitrogens is 1. The van der Waals surface area contributed by atoms with Crippen molar-refractivity contribution in [1.29, 1.82) is 0 Å². The SMILES string of the molecule is NCc1cc2cc(-c3ccc(C(=O)N4CCC(F)(F)CC4)cn3)cc(-c3cccc(F)c3)c2o1. The zero-order chi connectivity index (χ0) is 23.9. The number of halogens is 3. The molecule has 1 aliphatic rings. The first kappa shape index (κ1) is 22.2. The number of nitrogens with zero attached hydrogens (tertiary/aromatic N) is 2. The van der Waals surface area contributed by atoms with E-state index in [0.29, 0.717) is 33.7 Å². The van der Waals surface area contributed by atoms with Crippen molar-refractivity contribution in [3.63, 3.8) is 0 Å². The molecule has 1 fully saturated rings. The second-order valence-corrected chi connectivity index (χ2v) is 8.45. The molecule has 0 aliphatic carbocycles. The van der Waals surface area contributed by atoms with Gasteiger partial charge in [-0.15, -0.1) is 0 Å². The first-order chi connectivity index (χ1) is 16.3. The third-order valence-electron chi connectivity index (χ3n) is 6.09. The van der Waals surface area contributed by atoms with Gasteiger partial charge in [-0.1, -0.05) is 12.1 Å². The largest absolute Gasteiger partial charge is 0.459 e. The second kappa shape index (κ2) is 8.61. The van der Waals surface area contributed by atoms with Crippen LogP contribution in [-0.2, 0) is 6.54 Å². The fraction of sp³-hybridized carbons (Fsp3) is 0.231. The molecule has 3 heterocycles. The van der Waals surface area contributed by atoms with Crippen LogP contribution in [-0.4, -0.2) is 34.8 Å². The van der Waals surface area contributed by atoms with E-state index in [4.69, 9.17) is 10.2 Å². The van der Waals surface area contributed by atoms with Crippen LogP contribution in [0.4, 0.5) is 13.2 Å². The lowest BCUT2D eigenvalue weighted by molar-refractivity contribution is -0.0494. The number of likely N-dealkylation sites (tertiary alicyclic amines) is 1. The number of pyridine rings is 1. The van der Waals surface area contributed by atoms with Gasteiger partial charge in [-0.25, -0.2) is 13.2 Å². The molecule has 0 bridgehead atoms. The Morgan fingerprint density at radius 3 is 2.53 bits per heavy atom. The molecule has 5 rings (SSSR count). The number of hydrogen-bond donors (Lipinski definition) is 1. The molecule has 0 unspecified atom stereocenters. The molecule has 2 N–H and O–H groups in total. The van der Waals surface area contributed by atoms with Gasteiger partial charge in [0.1, 0.15) is 17.2 Å². The molecule has 2 aromatic carbocycles. The lowest BCUT2D eigenvalue weighted by Gasteiger charge is -2.31.